The Morgan fingerprint density at radius 2 is 1.71 bits per heavy atom. The Morgan fingerprint density at radius 1 is 1.07 bits per heavy atom. The van der Waals surface area contributed by atoms with Crippen molar-refractivity contribution in [3.63, 3.8) is 0 Å². The Hall–Kier alpha value is 0.270. The highest BCUT2D eigenvalue weighted by Gasteiger charge is 1.94. The molecule has 0 saturated carbocycles. The maximum Gasteiger partial charge on any atom is 0.0466 e. The van der Waals surface area contributed by atoms with Crippen molar-refractivity contribution >= 4 is 12.6 Å². The number of hydrogen-bond donors (Lipinski definition) is 1. The van der Waals surface area contributed by atoms with Crippen molar-refractivity contribution in [1.82, 2.24) is 4.90 Å². The summed E-state index contributed by atoms with van der Waals surface area (Å²) >= 11 is 4.19. The lowest BCUT2D eigenvalue weighted by Crippen LogP contribution is -2.17. The lowest BCUT2D eigenvalue weighted by molar-refractivity contribution is 0.125. The predicted octanol–water partition coefficient (Wildman–Crippen LogP) is 2.79. The lowest BCUT2D eigenvalue weighted by Gasteiger charge is -2.12. The number of hydrogen-bond acceptors (Lipinski definition) is 3. The Bertz CT molecular complexity index is 111. The summed E-state index contributed by atoms with van der Waals surface area (Å²) in [5, 5.41) is 0. The van der Waals surface area contributed by atoms with E-state index < -0.39 is 0 Å². The van der Waals surface area contributed by atoms with Gasteiger partial charge in [0.15, 0.2) is 0 Å². The van der Waals surface area contributed by atoms with Crippen LogP contribution in [0.15, 0.2) is 0 Å². The molecule has 0 saturated heterocycles. The van der Waals surface area contributed by atoms with Crippen LogP contribution in [0.3, 0.4) is 0 Å². The van der Waals surface area contributed by atoms with Crippen molar-refractivity contribution < 1.29 is 4.74 Å². The Labute approximate surface area is 94.4 Å². The summed E-state index contributed by atoms with van der Waals surface area (Å²) in [4.78, 5) is 2.21. The first kappa shape index (κ1) is 14.3. The zero-order chi connectivity index (χ0) is 10.6. The smallest absolute Gasteiger partial charge is 0.0466 e. The summed E-state index contributed by atoms with van der Waals surface area (Å²) in [6.45, 7) is 5.20. The quantitative estimate of drug-likeness (QED) is 0.344. The summed E-state index contributed by atoms with van der Waals surface area (Å²) in [6.07, 6.45) is 6.17. The van der Waals surface area contributed by atoms with Crippen LogP contribution >= 0.6 is 12.6 Å². The standard InChI is InChI=1S/C11H25NOS/c1-3-4-6-9-13-10-7-5-8-12(2)11-14/h14H,3-11H2,1-2H3. The molecule has 0 unspecified atom stereocenters. The van der Waals surface area contributed by atoms with Crippen molar-refractivity contribution in [2.24, 2.45) is 0 Å². The number of ether oxygens (including phenoxy) is 1. The molecule has 0 aromatic heterocycles. The minimum absolute atomic E-state index is 0.845. The van der Waals surface area contributed by atoms with Crippen LogP contribution in [0, 0.1) is 0 Å². The van der Waals surface area contributed by atoms with E-state index in [1.807, 2.05) is 0 Å². The van der Waals surface area contributed by atoms with Crippen LogP contribution in [0.4, 0.5) is 0 Å². The molecule has 0 bridgehead atoms. The average molecular weight is 219 g/mol. The monoisotopic (exact) mass is 219 g/mol. The van der Waals surface area contributed by atoms with Gasteiger partial charge in [-0.3, -0.25) is 4.90 Å². The van der Waals surface area contributed by atoms with E-state index in [-0.39, 0.29) is 0 Å². The largest absolute Gasteiger partial charge is 0.381 e. The van der Waals surface area contributed by atoms with Crippen LogP contribution in [0.2, 0.25) is 0 Å². The van der Waals surface area contributed by atoms with E-state index in [2.05, 4.69) is 31.5 Å². The number of thiol groups is 1. The van der Waals surface area contributed by atoms with E-state index in [1.165, 1.54) is 32.1 Å². The molecule has 0 aromatic carbocycles. The Balaban J connectivity index is 2.92. The molecule has 86 valence electrons. The molecular weight excluding hydrogens is 194 g/mol. The predicted molar refractivity (Wildman–Crippen MR) is 66.1 cm³/mol. The number of unbranched alkanes of at least 4 members (excludes halogenated alkanes) is 3. The van der Waals surface area contributed by atoms with Crippen LogP contribution in [-0.2, 0) is 4.74 Å². The highest BCUT2D eigenvalue weighted by Crippen LogP contribution is 1.97. The SMILES string of the molecule is CCCCCOCCCCN(C)CS. The van der Waals surface area contributed by atoms with Gasteiger partial charge in [0.25, 0.3) is 0 Å². The highest BCUT2D eigenvalue weighted by molar-refractivity contribution is 7.80. The van der Waals surface area contributed by atoms with Crippen molar-refractivity contribution in [1.29, 1.82) is 0 Å². The summed E-state index contributed by atoms with van der Waals surface area (Å²) in [5.74, 6) is 0.845. The molecule has 0 N–H and O–H groups in total. The van der Waals surface area contributed by atoms with Gasteiger partial charge in [-0.15, -0.1) is 0 Å². The van der Waals surface area contributed by atoms with E-state index >= 15 is 0 Å². The fourth-order valence-corrected chi connectivity index (χ4v) is 1.35. The van der Waals surface area contributed by atoms with Crippen molar-refractivity contribution in [2.45, 2.75) is 39.0 Å². The molecule has 0 aliphatic heterocycles. The summed E-state index contributed by atoms with van der Waals surface area (Å²) in [5.41, 5.74) is 0. The van der Waals surface area contributed by atoms with Gasteiger partial charge in [0.2, 0.25) is 0 Å². The maximum atomic E-state index is 5.51. The van der Waals surface area contributed by atoms with Gasteiger partial charge in [-0.2, -0.15) is 12.6 Å². The summed E-state index contributed by atoms with van der Waals surface area (Å²) in [6, 6.07) is 0. The fraction of sp³-hybridized carbons (Fsp3) is 1.00. The first-order valence-corrected chi connectivity index (χ1v) is 6.31. The maximum absolute atomic E-state index is 5.51. The molecule has 0 aliphatic carbocycles. The zero-order valence-corrected chi connectivity index (χ0v) is 10.6. The molecule has 0 radical (unpaired) electrons. The van der Waals surface area contributed by atoms with Crippen molar-refractivity contribution in [2.75, 3.05) is 32.7 Å². The second-order valence-corrected chi connectivity index (χ2v) is 4.03. The van der Waals surface area contributed by atoms with Gasteiger partial charge in [-0.1, -0.05) is 19.8 Å². The normalized spacial score (nSPS) is 11.1. The second kappa shape index (κ2) is 11.3. The topological polar surface area (TPSA) is 12.5 Å². The molecule has 0 heterocycles. The van der Waals surface area contributed by atoms with Crippen molar-refractivity contribution in [3.8, 4) is 0 Å². The molecule has 0 rings (SSSR count). The molecule has 14 heavy (non-hydrogen) atoms. The van der Waals surface area contributed by atoms with E-state index in [0.29, 0.717) is 0 Å². The minimum Gasteiger partial charge on any atom is -0.381 e. The molecule has 0 aromatic rings. The van der Waals surface area contributed by atoms with Crippen LogP contribution in [0.5, 0.6) is 0 Å². The molecule has 0 spiro atoms. The third-order valence-electron chi connectivity index (χ3n) is 2.21. The molecule has 3 heteroatoms. The minimum atomic E-state index is 0.845. The third-order valence-corrected chi connectivity index (χ3v) is 2.70. The molecule has 0 amide bonds. The Kier molecular flexibility index (Phi) is 11.6. The van der Waals surface area contributed by atoms with Gasteiger partial charge in [0.05, 0.1) is 0 Å². The van der Waals surface area contributed by atoms with Crippen LogP contribution in [-0.4, -0.2) is 37.6 Å². The fourth-order valence-electron chi connectivity index (χ4n) is 1.21. The molecule has 0 fully saturated rings. The van der Waals surface area contributed by atoms with Gasteiger partial charge < -0.3 is 4.74 Å². The lowest BCUT2D eigenvalue weighted by atomic mass is 10.3. The van der Waals surface area contributed by atoms with E-state index in [4.69, 9.17) is 4.74 Å². The molecule has 0 aliphatic rings. The van der Waals surface area contributed by atoms with Gasteiger partial charge in [0.1, 0.15) is 0 Å². The van der Waals surface area contributed by atoms with Crippen molar-refractivity contribution in [3.05, 3.63) is 0 Å². The first-order chi connectivity index (χ1) is 6.81. The molecule has 2 nitrogen and oxygen atoms in total. The summed E-state index contributed by atoms with van der Waals surface area (Å²) < 4.78 is 5.51. The van der Waals surface area contributed by atoms with Crippen LogP contribution < -0.4 is 0 Å². The van der Waals surface area contributed by atoms with Gasteiger partial charge in [-0.05, 0) is 32.9 Å². The van der Waals surface area contributed by atoms with Gasteiger partial charge in [-0.25, -0.2) is 0 Å². The molecule has 0 atom stereocenters. The van der Waals surface area contributed by atoms with E-state index in [9.17, 15) is 0 Å². The number of rotatable bonds is 10. The Morgan fingerprint density at radius 3 is 2.29 bits per heavy atom. The third kappa shape index (κ3) is 10.4. The average Bonchev–Trinajstić information content (AvgIpc) is 2.21. The van der Waals surface area contributed by atoms with E-state index in [0.717, 1.165) is 25.6 Å². The first-order valence-electron chi connectivity index (χ1n) is 5.68. The summed E-state index contributed by atoms with van der Waals surface area (Å²) in [7, 11) is 2.09. The number of nitrogens with zero attached hydrogens (tertiary/aromatic N) is 1. The zero-order valence-electron chi connectivity index (χ0n) is 9.67. The van der Waals surface area contributed by atoms with Gasteiger partial charge in [0, 0.05) is 19.1 Å². The highest BCUT2D eigenvalue weighted by atomic mass is 32.1. The van der Waals surface area contributed by atoms with E-state index in [1.54, 1.807) is 0 Å². The second-order valence-electron chi connectivity index (χ2n) is 3.75. The molecular formula is C11H25NOS. The van der Waals surface area contributed by atoms with Crippen LogP contribution in [0.1, 0.15) is 39.0 Å². The van der Waals surface area contributed by atoms with Crippen LogP contribution in [0.25, 0.3) is 0 Å². The van der Waals surface area contributed by atoms with Gasteiger partial charge >= 0.3 is 0 Å².